The van der Waals surface area contributed by atoms with Crippen LogP contribution in [0.5, 0.6) is 5.75 Å². The zero-order valence-corrected chi connectivity index (χ0v) is 9.01. The third-order valence-electron chi connectivity index (χ3n) is 2.43. The number of carboxylic acids is 1. The number of nitrogens with zero attached hydrogens (tertiary/aromatic N) is 1. The van der Waals surface area contributed by atoms with Gasteiger partial charge in [0.05, 0.1) is 12.8 Å². The van der Waals surface area contributed by atoms with Crippen molar-refractivity contribution in [3.8, 4) is 5.75 Å². The summed E-state index contributed by atoms with van der Waals surface area (Å²) < 4.78 is 18.0. The summed E-state index contributed by atoms with van der Waals surface area (Å²) in [6.07, 6.45) is -0.814. The summed E-state index contributed by atoms with van der Waals surface area (Å²) in [6.45, 7) is 0. The van der Waals surface area contributed by atoms with Gasteiger partial charge in [-0.15, -0.1) is 0 Å². The second-order valence-electron chi connectivity index (χ2n) is 3.52. The molecule has 0 spiro atoms. The molecule has 6 heteroatoms. The van der Waals surface area contributed by atoms with Crippen LogP contribution in [0.15, 0.2) is 23.4 Å². The zero-order valence-electron chi connectivity index (χ0n) is 9.01. The Bertz CT molecular complexity index is 486. The van der Waals surface area contributed by atoms with Crippen molar-refractivity contribution in [1.82, 2.24) is 0 Å². The largest absolute Gasteiger partial charge is 0.494 e. The summed E-state index contributed by atoms with van der Waals surface area (Å²) in [5.41, 5.74) is 1.06. The monoisotopic (exact) mass is 239 g/mol. The molecule has 0 amide bonds. The van der Waals surface area contributed by atoms with E-state index < -0.39 is 17.9 Å². The van der Waals surface area contributed by atoms with Crippen molar-refractivity contribution < 1.29 is 23.9 Å². The third kappa shape index (κ3) is 2.20. The lowest BCUT2D eigenvalue weighted by Crippen LogP contribution is -2.19. The molecular formula is C11H10FNO4. The van der Waals surface area contributed by atoms with Crippen LogP contribution in [0.2, 0.25) is 0 Å². The predicted molar refractivity (Wildman–Crippen MR) is 56.6 cm³/mol. The first-order valence-corrected chi connectivity index (χ1v) is 4.91. The molecule has 1 aliphatic heterocycles. The smallest absolute Gasteiger partial charge is 0.348 e. The lowest BCUT2D eigenvalue weighted by atomic mass is 10.0. The molecule has 0 bridgehead atoms. The minimum Gasteiger partial charge on any atom is -0.494 e. The summed E-state index contributed by atoms with van der Waals surface area (Å²) in [6, 6.07) is 4.21. The number of aliphatic carboxylic acids is 1. The molecule has 2 rings (SSSR count). The van der Waals surface area contributed by atoms with Crippen LogP contribution < -0.4 is 4.74 Å². The molecule has 1 aliphatic rings. The number of benzene rings is 1. The summed E-state index contributed by atoms with van der Waals surface area (Å²) in [5.74, 6) is -1.47. The van der Waals surface area contributed by atoms with Gasteiger partial charge in [0.15, 0.2) is 11.6 Å². The van der Waals surface area contributed by atoms with Gasteiger partial charge in [-0.25, -0.2) is 9.18 Å². The minimum absolute atomic E-state index is 0.0870. The molecule has 0 saturated carbocycles. The van der Waals surface area contributed by atoms with Gasteiger partial charge in [0.1, 0.15) is 0 Å². The first-order chi connectivity index (χ1) is 8.11. The maximum atomic E-state index is 13.2. The predicted octanol–water partition coefficient (Wildman–Crippen LogP) is 1.41. The Morgan fingerprint density at radius 3 is 3.00 bits per heavy atom. The summed E-state index contributed by atoms with van der Waals surface area (Å²) in [5, 5.41) is 12.4. The van der Waals surface area contributed by atoms with Crippen molar-refractivity contribution in [3.05, 3.63) is 29.6 Å². The molecule has 0 fully saturated rings. The molecule has 0 aliphatic carbocycles. The molecule has 90 valence electrons. The van der Waals surface area contributed by atoms with Gasteiger partial charge >= 0.3 is 5.97 Å². The van der Waals surface area contributed by atoms with Crippen LogP contribution in [-0.4, -0.2) is 30.0 Å². The maximum Gasteiger partial charge on any atom is 0.348 e. The highest BCUT2D eigenvalue weighted by Crippen LogP contribution is 2.22. The lowest BCUT2D eigenvalue weighted by molar-refractivity contribution is -0.148. The average molecular weight is 239 g/mol. The summed E-state index contributed by atoms with van der Waals surface area (Å²) >= 11 is 0. The molecule has 5 nitrogen and oxygen atoms in total. The Labute approximate surface area is 96.4 Å². The third-order valence-corrected chi connectivity index (χ3v) is 2.43. The van der Waals surface area contributed by atoms with Crippen LogP contribution in [0, 0.1) is 5.82 Å². The van der Waals surface area contributed by atoms with E-state index in [1.165, 1.54) is 25.3 Å². The number of hydrogen-bond donors (Lipinski definition) is 1. The van der Waals surface area contributed by atoms with E-state index in [4.69, 9.17) is 14.7 Å². The Morgan fingerprint density at radius 2 is 2.41 bits per heavy atom. The Morgan fingerprint density at radius 1 is 1.65 bits per heavy atom. The van der Waals surface area contributed by atoms with Gasteiger partial charge in [0.2, 0.25) is 6.10 Å². The van der Waals surface area contributed by atoms with Crippen LogP contribution in [0.3, 0.4) is 0 Å². The van der Waals surface area contributed by atoms with Gasteiger partial charge in [-0.2, -0.15) is 0 Å². The van der Waals surface area contributed by atoms with Crippen molar-refractivity contribution in [2.45, 2.75) is 12.5 Å². The van der Waals surface area contributed by atoms with E-state index in [0.29, 0.717) is 11.3 Å². The van der Waals surface area contributed by atoms with E-state index in [1.807, 2.05) is 0 Å². The van der Waals surface area contributed by atoms with Gasteiger partial charge in [-0.05, 0) is 18.2 Å². The van der Waals surface area contributed by atoms with Crippen LogP contribution in [0.4, 0.5) is 4.39 Å². The normalized spacial score (nSPS) is 18.5. The zero-order chi connectivity index (χ0) is 12.4. The Hall–Kier alpha value is -2.11. The SMILES string of the molecule is COc1cc(C2=NOC(C(=O)O)C2)ccc1F. The number of halogens is 1. The van der Waals surface area contributed by atoms with E-state index in [-0.39, 0.29) is 12.2 Å². The maximum absolute atomic E-state index is 13.2. The van der Waals surface area contributed by atoms with Crippen molar-refractivity contribution >= 4 is 11.7 Å². The lowest BCUT2D eigenvalue weighted by Gasteiger charge is -2.04. The van der Waals surface area contributed by atoms with Crippen LogP contribution in [-0.2, 0) is 9.63 Å². The van der Waals surface area contributed by atoms with Gasteiger partial charge in [-0.1, -0.05) is 5.16 Å². The van der Waals surface area contributed by atoms with Gasteiger partial charge in [-0.3, -0.25) is 0 Å². The van der Waals surface area contributed by atoms with E-state index in [2.05, 4.69) is 5.16 Å². The molecule has 1 aromatic carbocycles. The molecule has 1 unspecified atom stereocenters. The van der Waals surface area contributed by atoms with Gasteiger partial charge in [0.25, 0.3) is 0 Å². The standard InChI is InChI=1S/C11H10FNO4/c1-16-9-4-6(2-3-7(9)12)8-5-10(11(14)15)17-13-8/h2-4,10H,5H2,1H3,(H,14,15). The number of carboxylic acid groups (broad SMARTS) is 1. The Kier molecular flexibility index (Phi) is 2.95. The molecule has 1 N–H and O–H groups in total. The summed E-state index contributed by atoms with van der Waals surface area (Å²) in [4.78, 5) is 15.4. The molecule has 0 aromatic heterocycles. The minimum atomic E-state index is -1.07. The summed E-state index contributed by atoms with van der Waals surface area (Å²) in [7, 11) is 1.36. The van der Waals surface area contributed by atoms with Crippen LogP contribution >= 0.6 is 0 Å². The van der Waals surface area contributed by atoms with E-state index in [1.54, 1.807) is 0 Å². The van der Waals surface area contributed by atoms with Crippen molar-refractivity contribution in [2.24, 2.45) is 5.16 Å². The molecule has 17 heavy (non-hydrogen) atoms. The number of oxime groups is 1. The number of ether oxygens (including phenoxy) is 1. The highest BCUT2D eigenvalue weighted by atomic mass is 19.1. The van der Waals surface area contributed by atoms with Gasteiger partial charge in [0, 0.05) is 12.0 Å². The highest BCUT2D eigenvalue weighted by molar-refractivity contribution is 6.03. The van der Waals surface area contributed by atoms with Crippen molar-refractivity contribution in [3.63, 3.8) is 0 Å². The molecule has 0 saturated heterocycles. The number of rotatable bonds is 3. The van der Waals surface area contributed by atoms with Crippen molar-refractivity contribution in [2.75, 3.05) is 7.11 Å². The molecular weight excluding hydrogens is 229 g/mol. The highest BCUT2D eigenvalue weighted by Gasteiger charge is 2.28. The topological polar surface area (TPSA) is 68.1 Å². The van der Waals surface area contributed by atoms with Crippen LogP contribution in [0.1, 0.15) is 12.0 Å². The number of carbonyl (C=O) groups is 1. The first kappa shape index (κ1) is 11.4. The fourth-order valence-electron chi connectivity index (χ4n) is 1.52. The number of methoxy groups -OCH3 is 1. The second-order valence-corrected chi connectivity index (χ2v) is 3.52. The fraction of sp³-hybridized carbons (Fsp3) is 0.273. The molecule has 1 atom stereocenters. The van der Waals surface area contributed by atoms with E-state index in [0.717, 1.165) is 0 Å². The quantitative estimate of drug-likeness (QED) is 0.865. The molecule has 0 radical (unpaired) electrons. The Balaban J connectivity index is 2.22. The first-order valence-electron chi connectivity index (χ1n) is 4.91. The number of hydrogen-bond acceptors (Lipinski definition) is 4. The molecule has 1 aromatic rings. The van der Waals surface area contributed by atoms with E-state index >= 15 is 0 Å². The second kappa shape index (κ2) is 4.40. The fourth-order valence-corrected chi connectivity index (χ4v) is 1.52. The van der Waals surface area contributed by atoms with Crippen LogP contribution in [0.25, 0.3) is 0 Å². The average Bonchev–Trinajstić information content (AvgIpc) is 2.79. The van der Waals surface area contributed by atoms with E-state index in [9.17, 15) is 9.18 Å². The van der Waals surface area contributed by atoms with Gasteiger partial charge < -0.3 is 14.7 Å². The molecule has 1 heterocycles. The van der Waals surface area contributed by atoms with Crippen molar-refractivity contribution in [1.29, 1.82) is 0 Å².